The van der Waals surface area contributed by atoms with E-state index in [1.165, 1.54) is 17.8 Å². The third-order valence-corrected chi connectivity index (χ3v) is 3.65. The summed E-state index contributed by atoms with van der Waals surface area (Å²) >= 11 is 1.28. The fraction of sp³-hybridized carbons (Fsp3) is 0.143. The van der Waals surface area contributed by atoms with Gasteiger partial charge in [0, 0.05) is 5.75 Å². The molecule has 1 aromatic heterocycles. The number of H-pyrrole nitrogens is 1. The predicted octanol–water partition coefficient (Wildman–Crippen LogP) is 2.62. The number of aryl methyl sites for hydroxylation is 1. The SMILES string of the molecule is [C-]#[N+]c1c(C)nc(SCc2cccc(C(=O)O)c2)[nH]c1=O. The molecule has 2 aromatic rings. The number of aromatic carboxylic acids is 1. The Bertz CT molecular complexity index is 793. The number of carbonyl (C=O) groups is 1. The molecular weight excluding hydrogens is 290 g/mol. The van der Waals surface area contributed by atoms with E-state index in [0.717, 1.165) is 5.56 Å². The molecular formula is C14H11N3O3S. The molecule has 2 rings (SSSR count). The van der Waals surface area contributed by atoms with Crippen LogP contribution < -0.4 is 5.56 Å². The predicted molar refractivity (Wildman–Crippen MR) is 78.8 cm³/mol. The number of hydrogen-bond donors (Lipinski definition) is 2. The summed E-state index contributed by atoms with van der Waals surface area (Å²) < 4.78 is 0. The van der Waals surface area contributed by atoms with Crippen LogP contribution in [0.4, 0.5) is 5.69 Å². The second kappa shape index (κ2) is 6.24. The van der Waals surface area contributed by atoms with Crippen LogP contribution in [0, 0.1) is 13.5 Å². The summed E-state index contributed by atoms with van der Waals surface area (Å²) in [7, 11) is 0. The molecule has 7 heteroatoms. The van der Waals surface area contributed by atoms with Crippen LogP contribution in [0.2, 0.25) is 0 Å². The van der Waals surface area contributed by atoms with Crippen LogP contribution in [-0.4, -0.2) is 21.0 Å². The Morgan fingerprint density at radius 1 is 1.52 bits per heavy atom. The minimum absolute atomic E-state index is 0.00720. The number of hydrogen-bond acceptors (Lipinski definition) is 4. The highest BCUT2D eigenvalue weighted by atomic mass is 32.2. The second-order valence-electron chi connectivity index (χ2n) is 4.21. The van der Waals surface area contributed by atoms with Gasteiger partial charge >= 0.3 is 5.97 Å². The molecule has 0 unspecified atom stereocenters. The molecule has 0 bridgehead atoms. The highest BCUT2D eigenvalue weighted by Gasteiger charge is 2.09. The molecule has 0 radical (unpaired) electrons. The number of thioether (sulfide) groups is 1. The van der Waals surface area contributed by atoms with Crippen molar-refractivity contribution in [3.63, 3.8) is 0 Å². The number of benzene rings is 1. The van der Waals surface area contributed by atoms with Gasteiger partial charge < -0.3 is 10.1 Å². The van der Waals surface area contributed by atoms with Crippen molar-refractivity contribution < 1.29 is 9.90 Å². The first kappa shape index (κ1) is 14.8. The van der Waals surface area contributed by atoms with E-state index in [0.29, 0.717) is 16.6 Å². The van der Waals surface area contributed by atoms with E-state index in [1.54, 1.807) is 25.1 Å². The van der Waals surface area contributed by atoms with Crippen molar-refractivity contribution in [3.05, 3.63) is 62.9 Å². The Morgan fingerprint density at radius 2 is 2.29 bits per heavy atom. The van der Waals surface area contributed by atoms with Crippen molar-refractivity contribution in [1.82, 2.24) is 9.97 Å². The van der Waals surface area contributed by atoms with Crippen LogP contribution in [0.15, 0.2) is 34.2 Å². The number of nitrogens with zero attached hydrogens (tertiary/aromatic N) is 2. The van der Waals surface area contributed by atoms with Gasteiger partial charge in [0.2, 0.25) is 0 Å². The van der Waals surface area contributed by atoms with Crippen molar-refractivity contribution in [1.29, 1.82) is 0 Å². The molecule has 2 N–H and O–H groups in total. The normalized spacial score (nSPS) is 10.1. The number of carboxylic acids is 1. The van der Waals surface area contributed by atoms with Gasteiger partial charge in [0.15, 0.2) is 5.16 Å². The number of aromatic nitrogens is 2. The second-order valence-corrected chi connectivity index (χ2v) is 5.18. The zero-order valence-corrected chi connectivity index (χ0v) is 11.9. The summed E-state index contributed by atoms with van der Waals surface area (Å²) in [6, 6.07) is 6.57. The minimum atomic E-state index is -0.981. The highest BCUT2D eigenvalue weighted by molar-refractivity contribution is 7.98. The quantitative estimate of drug-likeness (QED) is 0.515. The summed E-state index contributed by atoms with van der Waals surface area (Å²) in [5, 5.41) is 9.34. The fourth-order valence-electron chi connectivity index (χ4n) is 1.70. The first-order valence-corrected chi connectivity index (χ1v) is 6.93. The molecule has 0 amide bonds. The average Bonchev–Trinajstić information content (AvgIpc) is 2.45. The molecule has 0 spiro atoms. The van der Waals surface area contributed by atoms with Crippen molar-refractivity contribution in [2.45, 2.75) is 17.8 Å². The van der Waals surface area contributed by atoms with Gasteiger partial charge in [-0.15, -0.1) is 0 Å². The van der Waals surface area contributed by atoms with Crippen molar-refractivity contribution in [3.8, 4) is 0 Å². The van der Waals surface area contributed by atoms with E-state index in [1.807, 2.05) is 0 Å². The molecule has 1 heterocycles. The lowest BCUT2D eigenvalue weighted by Gasteiger charge is -2.04. The van der Waals surface area contributed by atoms with E-state index >= 15 is 0 Å². The highest BCUT2D eigenvalue weighted by Crippen LogP contribution is 2.21. The molecule has 6 nitrogen and oxygen atoms in total. The molecule has 0 aliphatic rings. The number of nitrogens with one attached hydrogen (secondary N) is 1. The molecule has 0 atom stereocenters. The number of carboxylic acid groups (broad SMARTS) is 1. The molecule has 0 aliphatic heterocycles. The number of aromatic amines is 1. The van der Waals surface area contributed by atoms with Gasteiger partial charge in [-0.3, -0.25) is 4.79 Å². The van der Waals surface area contributed by atoms with Gasteiger partial charge in [-0.2, -0.15) is 0 Å². The van der Waals surface area contributed by atoms with Crippen LogP contribution in [0.3, 0.4) is 0 Å². The summed E-state index contributed by atoms with van der Waals surface area (Å²) in [5.74, 6) is -0.508. The Balaban J connectivity index is 2.17. The number of rotatable bonds is 4. The molecule has 0 aliphatic carbocycles. The van der Waals surface area contributed by atoms with Gasteiger partial charge in [-0.05, 0) is 24.6 Å². The molecule has 0 saturated heterocycles. The zero-order valence-electron chi connectivity index (χ0n) is 11.1. The molecule has 0 saturated carbocycles. The summed E-state index contributed by atoms with van der Waals surface area (Å²) in [6.07, 6.45) is 0. The lowest BCUT2D eigenvalue weighted by Crippen LogP contribution is -2.09. The maximum atomic E-state index is 11.6. The Labute approximate surface area is 124 Å². The summed E-state index contributed by atoms with van der Waals surface area (Å²) in [4.78, 5) is 32.4. The Kier molecular flexibility index (Phi) is 4.40. The van der Waals surface area contributed by atoms with E-state index < -0.39 is 11.5 Å². The first-order valence-electron chi connectivity index (χ1n) is 5.94. The van der Waals surface area contributed by atoms with Crippen LogP contribution in [0.25, 0.3) is 4.85 Å². The van der Waals surface area contributed by atoms with Crippen LogP contribution >= 0.6 is 11.8 Å². The van der Waals surface area contributed by atoms with E-state index in [9.17, 15) is 9.59 Å². The molecule has 1 aromatic carbocycles. The average molecular weight is 301 g/mol. The lowest BCUT2D eigenvalue weighted by atomic mass is 10.1. The van der Waals surface area contributed by atoms with Gasteiger partial charge in [-0.1, -0.05) is 23.9 Å². The summed E-state index contributed by atoms with van der Waals surface area (Å²) in [6.45, 7) is 8.51. The van der Waals surface area contributed by atoms with Crippen LogP contribution in [-0.2, 0) is 5.75 Å². The fourth-order valence-corrected chi connectivity index (χ4v) is 2.55. The third kappa shape index (κ3) is 3.49. The largest absolute Gasteiger partial charge is 0.478 e. The van der Waals surface area contributed by atoms with Gasteiger partial charge in [0.25, 0.3) is 11.2 Å². The Hall–Kier alpha value is -2.59. The van der Waals surface area contributed by atoms with Crippen molar-refractivity contribution >= 4 is 23.4 Å². The van der Waals surface area contributed by atoms with Crippen molar-refractivity contribution in [2.24, 2.45) is 0 Å². The monoisotopic (exact) mass is 301 g/mol. The third-order valence-electron chi connectivity index (χ3n) is 2.71. The van der Waals surface area contributed by atoms with E-state index in [4.69, 9.17) is 11.7 Å². The van der Waals surface area contributed by atoms with E-state index in [-0.39, 0.29) is 11.3 Å². The van der Waals surface area contributed by atoms with Gasteiger partial charge in [-0.25, -0.2) is 14.6 Å². The molecule has 0 fully saturated rings. The lowest BCUT2D eigenvalue weighted by molar-refractivity contribution is 0.0697. The Morgan fingerprint density at radius 3 is 2.90 bits per heavy atom. The zero-order chi connectivity index (χ0) is 15.4. The topological polar surface area (TPSA) is 87.4 Å². The molecule has 106 valence electrons. The maximum Gasteiger partial charge on any atom is 0.335 e. The first-order chi connectivity index (χ1) is 10.0. The molecule has 21 heavy (non-hydrogen) atoms. The standard InChI is InChI=1S/C14H11N3O3S/c1-8-11(15-2)12(18)17-14(16-8)21-7-9-4-3-5-10(6-9)13(19)20/h3-6H,7H2,1H3,(H,19,20)(H,16,17,18). The van der Waals surface area contributed by atoms with Crippen LogP contribution in [0.1, 0.15) is 21.6 Å². The van der Waals surface area contributed by atoms with Gasteiger partial charge in [0.1, 0.15) is 0 Å². The summed E-state index contributed by atoms with van der Waals surface area (Å²) in [5.41, 5.74) is 0.950. The maximum absolute atomic E-state index is 11.6. The van der Waals surface area contributed by atoms with Crippen LogP contribution in [0.5, 0.6) is 0 Å². The smallest absolute Gasteiger partial charge is 0.335 e. The minimum Gasteiger partial charge on any atom is -0.478 e. The van der Waals surface area contributed by atoms with Gasteiger partial charge in [0.05, 0.1) is 17.8 Å². The van der Waals surface area contributed by atoms with Crippen molar-refractivity contribution in [2.75, 3.05) is 0 Å². The van der Waals surface area contributed by atoms with E-state index in [2.05, 4.69) is 14.8 Å².